The number of hydrogen-bond acceptors (Lipinski definition) is 4. The van der Waals surface area contributed by atoms with Crippen LogP contribution in [-0.4, -0.2) is 30.1 Å². The topological polar surface area (TPSA) is 63.6 Å². The Morgan fingerprint density at radius 2 is 2.00 bits per heavy atom. The maximum Gasteiger partial charge on any atom is 0.330 e. The molecule has 136 valence electrons. The van der Waals surface area contributed by atoms with Gasteiger partial charge in [0, 0.05) is 18.4 Å². The Kier molecular flexibility index (Phi) is 5.58. The molecule has 4 unspecified atom stereocenters. The lowest BCUT2D eigenvalue weighted by molar-refractivity contribution is -0.158. The molecule has 2 aliphatic carbocycles. The maximum atomic E-state index is 12.7. The largest absolute Gasteiger partial charge is 0.466 e. The predicted molar refractivity (Wildman–Crippen MR) is 93.4 cm³/mol. The molecule has 24 heavy (non-hydrogen) atoms. The second-order valence-corrected chi connectivity index (χ2v) is 8.54. The van der Waals surface area contributed by atoms with E-state index in [1.54, 1.807) is 0 Å². The van der Waals surface area contributed by atoms with Crippen LogP contribution in [0.15, 0.2) is 11.6 Å². The summed E-state index contributed by atoms with van der Waals surface area (Å²) >= 11 is 0. The standard InChI is InChI=1S/C20H32O4/c1-13(12-18(23)24-5)6-7-14-15(21)8-9-16-19(2,3)17(22)10-11-20(14,16)4/h12,14,16-17,22H,6-11H2,1-5H3. The molecule has 4 heteroatoms. The first kappa shape index (κ1) is 19.2. The van der Waals surface area contributed by atoms with E-state index >= 15 is 0 Å². The van der Waals surface area contributed by atoms with Crippen molar-refractivity contribution in [3.8, 4) is 0 Å². The first-order valence-electron chi connectivity index (χ1n) is 9.08. The summed E-state index contributed by atoms with van der Waals surface area (Å²) in [4.78, 5) is 24.0. The van der Waals surface area contributed by atoms with Gasteiger partial charge in [-0.25, -0.2) is 4.79 Å². The lowest BCUT2D eigenvalue weighted by atomic mass is 9.47. The Balaban J connectivity index is 2.17. The highest BCUT2D eigenvalue weighted by Gasteiger charge is 2.56. The third-order valence-electron chi connectivity index (χ3n) is 6.77. The van der Waals surface area contributed by atoms with Crippen molar-refractivity contribution in [2.24, 2.45) is 22.7 Å². The molecule has 0 amide bonds. The zero-order valence-corrected chi connectivity index (χ0v) is 15.7. The normalized spacial score (nSPS) is 36.2. The van der Waals surface area contributed by atoms with E-state index in [1.165, 1.54) is 13.2 Å². The van der Waals surface area contributed by atoms with Gasteiger partial charge in [0.1, 0.15) is 5.78 Å². The van der Waals surface area contributed by atoms with Crippen LogP contribution in [0.3, 0.4) is 0 Å². The quantitative estimate of drug-likeness (QED) is 0.628. The van der Waals surface area contributed by atoms with Gasteiger partial charge < -0.3 is 9.84 Å². The molecular weight excluding hydrogens is 304 g/mol. The molecule has 0 radical (unpaired) electrons. The average molecular weight is 336 g/mol. The first-order chi connectivity index (χ1) is 11.1. The van der Waals surface area contributed by atoms with Gasteiger partial charge >= 0.3 is 5.97 Å². The van der Waals surface area contributed by atoms with Crippen molar-refractivity contribution in [1.82, 2.24) is 0 Å². The molecular formula is C20H32O4. The van der Waals surface area contributed by atoms with Gasteiger partial charge in [-0.05, 0) is 55.8 Å². The number of carbonyl (C=O) groups is 2. The van der Waals surface area contributed by atoms with Crippen LogP contribution < -0.4 is 0 Å². The van der Waals surface area contributed by atoms with Crippen molar-refractivity contribution >= 4 is 11.8 Å². The van der Waals surface area contributed by atoms with Crippen LogP contribution in [0.4, 0.5) is 0 Å². The Hall–Kier alpha value is -1.16. The minimum Gasteiger partial charge on any atom is -0.466 e. The summed E-state index contributed by atoms with van der Waals surface area (Å²) in [5.41, 5.74) is 0.752. The number of ether oxygens (including phenoxy) is 1. The van der Waals surface area contributed by atoms with E-state index in [0.717, 1.165) is 37.7 Å². The summed E-state index contributed by atoms with van der Waals surface area (Å²) in [6.45, 7) is 8.45. The zero-order valence-electron chi connectivity index (χ0n) is 15.7. The molecule has 0 aromatic carbocycles. The number of fused-ring (bicyclic) bond motifs is 1. The molecule has 4 nitrogen and oxygen atoms in total. The zero-order chi connectivity index (χ0) is 18.1. The Labute approximate surface area is 145 Å². The molecule has 0 saturated heterocycles. The molecule has 4 atom stereocenters. The second-order valence-electron chi connectivity index (χ2n) is 8.54. The van der Waals surface area contributed by atoms with E-state index in [-0.39, 0.29) is 28.8 Å². The van der Waals surface area contributed by atoms with Crippen molar-refractivity contribution in [1.29, 1.82) is 0 Å². The van der Waals surface area contributed by atoms with Crippen LogP contribution in [0.1, 0.15) is 66.2 Å². The number of Topliss-reactive ketones (excluding diaryl/α,β-unsaturated/α-hetero) is 1. The summed E-state index contributed by atoms with van der Waals surface area (Å²) in [6, 6.07) is 0. The minimum atomic E-state index is -0.339. The highest BCUT2D eigenvalue weighted by atomic mass is 16.5. The van der Waals surface area contributed by atoms with Crippen molar-refractivity contribution in [3.05, 3.63) is 11.6 Å². The van der Waals surface area contributed by atoms with Gasteiger partial charge in [-0.2, -0.15) is 0 Å². The molecule has 2 saturated carbocycles. The molecule has 0 aliphatic heterocycles. The summed E-state index contributed by atoms with van der Waals surface area (Å²) < 4.78 is 4.67. The lowest BCUT2D eigenvalue weighted by Gasteiger charge is -2.58. The highest BCUT2D eigenvalue weighted by Crippen LogP contribution is 2.59. The monoisotopic (exact) mass is 336 g/mol. The van der Waals surface area contributed by atoms with Crippen LogP contribution in [0.2, 0.25) is 0 Å². The number of allylic oxidation sites excluding steroid dienone is 1. The summed E-state index contributed by atoms with van der Waals surface area (Å²) in [7, 11) is 1.37. The van der Waals surface area contributed by atoms with Gasteiger partial charge in [0.2, 0.25) is 0 Å². The van der Waals surface area contributed by atoms with Gasteiger partial charge in [-0.1, -0.05) is 26.3 Å². The van der Waals surface area contributed by atoms with Gasteiger partial charge in [-0.15, -0.1) is 0 Å². The molecule has 0 aromatic heterocycles. The van der Waals surface area contributed by atoms with Crippen LogP contribution in [0, 0.1) is 22.7 Å². The number of methoxy groups -OCH3 is 1. The van der Waals surface area contributed by atoms with E-state index in [0.29, 0.717) is 18.1 Å². The van der Waals surface area contributed by atoms with Crippen LogP contribution >= 0.6 is 0 Å². The molecule has 0 aromatic rings. The van der Waals surface area contributed by atoms with E-state index < -0.39 is 0 Å². The molecule has 1 N–H and O–H groups in total. The van der Waals surface area contributed by atoms with Crippen LogP contribution in [0.25, 0.3) is 0 Å². The number of ketones is 1. The van der Waals surface area contributed by atoms with Crippen molar-refractivity contribution in [2.75, 3.05) is 7.11 Å². The maximum absolute atomic E-state index is 12.7. The number of carbonyl (C=O) groups excluding carboxylic acids is 2. The Morgan fingerprint density at radius 1 is 1.33 bits per heavy atom. The Morgan fingerprint density at radius 3 is 2.62 bits per heavy atom. The number of rotatable bonds is 4. The third kappa shape index (κ3) is 3.44. The minimum absolute atomic E-state index is 0.0176. The van der Waals surface area contributed by atoms with E-state index in [1.807, 2.05) is 6.92 Å². The van der Waals surface area contributed by atoms with Crippen molar-refractivity contribution in [3.63, 3.8) is 0 Å². The van der Waals surface area contributed by atoms with Crippen molar-refractivity contribution < 1.29 is 19.4 Å². The molecule has 0 bridgehead atoms. The Bertz CT molecular complexity index is 534. The molecule has 2 rings (SSSR count). The van der Waals surface area contributed by atoms with Gasteiger partial charge in [0.05, 0.1) is 13.2 Å². The smallest absolute Gasteiger partial charge is 0.330 e. The summed E-state index contributed by atoms with van der Waals surface area (Å²) in [5, 5.41) is 10.4. The SMILES string of the molecule is COC(=O)C=C(C)CCC1C(=O)CCC2C(C)(C)C(O)CCC12C. The lowest BCUT2D eigenvalue weighted by Crippen LogP contribution is -2.56. The van der Waals surface area contributed by atoms with E-state index in [9.17, 15) is 14.7 Å². The molecule has 2 aliphatic rings. The number of esters is 1. The molecule has 0 heterocycles. The molecule has 0 spiro atoms. The number of aliphatic hydroxyl groups is 1. The summed E-state index contributed by atoms with van der Waals surface area (Å²) in [6.07, 6.45) is 5.90. The fourth-order valence-corrected chi connectivity index (χ4v) is 5.22. The average Bonchev–Trinajstić information content (AvgIpc) is 2.50. The molecule has 2 fully saturated rings. The van der Waals surface area contributed by atoms with E-state index in [2.05, 4.69) is 25.5 Å². The summed E-state index contributed by atoms with van der Waals surface area (Å²) in [5.74, 6) is 0.394. The van der Waals surface area contributed by atoms with Crippen molar-refractivity contribution in [2.45, 2.75) is 72.3 Å². The fraction of sp³-hybridized carbons (Fsp3) is 0.800. The van der Waals surface area contributed by atoms with E-state index in [4.69, 9.17) is 0 Å². The first-order valence-corrected chi connectivity index (χ1v) is 9.08. The highest BCUT2D eigenvalue weighted by molar-refractivity contribution is 5.83. The third-order valence-corrected chi connectivity index (χ3v) is 6.77. The number of aliphatic hydroxyl groups excluding tert-OH is 1. The predicted octanol–water partition coefficient (Wildman–Crippen LogP) is 3.67. The number of hydrogen-bond donors (Lipinski definition) is 1. The van der Waals surface area contributed by atoms with Crippen LogP contribution in [0.5, 0.6) is 0 Å². The second kappa shape index (κ2) is 6.99. The van der Waals surface area contributed by atoms with Crippen LogP contribution in [-0.2, 0) is 14.3 Å². The fourth-order valence-electron chi connectivity index (χ4n) is 5.22. The van der Waals surface area contributed by atoms with Gasteiger partial charge in [-0.3, -0.25) is 4.79 Å². The van der Waals surface area contributed by atoms with Gasteiger partial charge in [0.15, 0.2) is 0 Å². The van der Waals surface area contributed by atoms with Gasteiger partial charge in [0.25, 0.3) is 0 Å².